The van der Waals surface area contributed by atoms with E-state index in [0.29, 0.717) is 12.8 Å². The van der Waals surface area contributed by atoms with E-state index in [0.717, 1.165) is 51.4 Å². The molecule has 0 aromatic carbocycles. The molecule has 0 aliphatic heterocycles. The number of aliphatic carboxylic acids is 1. The number of carbonyl (C=O) groups excluding carboxylic acids is 1. The normalized spacial score (nSPS) is 23.6. The first kappa shape index (κ1) is 16.1. The molecule has 3 N–H and O–H groups in total. The van der Waals surface area contributed by atoms with Crippen LogP contribution in [0.2, 0.25) is 0 Å². The molecule has 2 aliphatic carbocycles. The Labute approximate surface area is 126 Å². The summed E-state index contributed by atoms with van der Waals surface area (Å²) in [4.78, 5) is 23.9. The van der Waals surface area contributed by atoms with Crippen LogP contribution in [0.15, 0.2) is 0 Å². The molecule has 0 atom stereocenters. The maximum absolute atomic E-state index is 12.2. The van der Waals surface area contributed by atoms with Crippen LogP contribution in [0.4, 0.5) is 4.79 Å². The van der Waals surface area contributed by atoms with Gasteiger partial charge in [0, 0.05) is 6.04 Å². The molecule has 2 fully saturated rings. The molecule has 0 bridgehead atoms. The average molecular weight is 296 g/mol. The summed E-state index contributed by atoms with van der Waals surface area (Å²) in [6, 6.07) is -0.102. The molecule has 2 aliphatic rings. The molecule has 0 saturated heterocycles. The van der Waals surface area contributed by atoms with Crippen LogP contribution in [0.25, 0.3) is 0 Å². The lowest BCUT2D eigenvalue weighted by Gasteiger charge is -2.30. The van der Waals surface area contributed by atoms with Gasteiger partial charge in [0.05, 0.1) is 0 Å². The first-order valence-corrected chi connectivity index (χ1v) is 8.44. The first-order valence-electron chi connectivity index (χ1n) is 8.44. The van der Waals surface area contributed by atoms with E-state index >= 15 is 0 Å². The molecule has 0 unspecified atom stereocenters. The summed E-state index contributed by atoms with van der Waals surface area (Å²) in [6.45, 7) is 0. The number of hydrogen-bond acceptors (Lipinski definition) is 2. The van der Waals surface area contributed by atoms with E-state index in [1.807, 2.05) is 0 Å². The molecule has 0 aromatic heterocycles. The third kappa shape index (κ3) is 4.61. The van der Waals surface area contributed by atoms with Crippen molar-refractivity contribution in [3.05, 3.63) is 0 Å². The van der Waals surface area contributed by atoms with Gasteiger partial charge in [0.25, 0.3) is 0 Å². The Balaban J connectivity index is 1.92. The Morgan fingerprint density at radius 3 is 1.90 bits per heavy atom. The van der Waals surface area contributed by atoms with E-state index in [9.17, 15) is 14.7 Å². The molecule has 0 heterocycles. The Morgan fingerprint density at radius 1 is 0.857 bits per heavy atom. The number of amides is 2. The topological polar surface area (TPSA) is 78.4 Å². The summed E-state index contributed by atoms with van der Waals surface area (Å²) >= 11 is 0. The van der Waals surface area contributed by atoms with Crippen LogP contribution in [0.1, 0.15) is 77.0 Å². The van der Waals surface area contributed by atoms with Gasteiger partial charge in [0.2, 0.25) is 0 Å². The maximum atomic E-state index is 12.2. The lowest BCUT2D eigenvalue weighted by molar-refractivity contribution is -0.145. The fraction of sp³-hybridized carbons (Fsp3) is 0.875. The van der Waals surface area contributed by atoms with Gasteiger partial charge in [-0.15, -0.1) is 0 Å². The van der Waals surface area contributed by atoms with Gasteiger partial charge in [-0.2, -0.15) is 0 Å². The van der Waals surface area contributed by atoms with Gasteiger partial charge in [-0.25, -0.2) is 9.59 Å². The Hall–Kier alpha value is -1.26. The van der Waals surface area contributed by atoms with Crippen molar-refractivity contribution in [3.63, 3.8) is 0 Å². The molecule has 0 aromatic rings. The maximum Gasteiger partial charge on any atom is 0.329 e. The van der Waals surface area contributed by atoms with Crippen molar-refractivity contribution in [2.45, 2.75) is 88.6 Å². The standard InChI is InChI=1S/C16H28N2O3/c19-14(20)16(11-7-3-4-8-12-16)18-15(21)17-13-9-5-1-2-6-10-13/h13H,1-12H2,(H,19,20)(H2,17,18,21). The lowest BCUT2D eigenvalue weighted by atomic mass is 9.90. The van der Waals surface area contributed by atoms with Crippen molar-refractivity contribution in [1.29, 1.82) is 0 Å². The molecule has 0 radical (unpaired) electrons. The fourth-order valence-electron chi connectivity index (χ4n) is 3.59. The second-order valence-corrected chi connectivity index (χ2v) is 6.59. The predicted octanol–water partition coefficient (Wildman–Crippen LogP) is 3.19. The summed E-state index contributed by atoms with van der Waals surface area (Å²) in [6.07, 6.45) is 11.7. The van der Waals surface area contributed by atoms with Crippen molar-refractivity contribution in [3.8, 4) is 0 Å². The first-order chi connectivity index (χ1) is 10.1. The average Bonchev–Trinajstić information content (AvgIpc) is 2.82. The van der Waals surface area contributed by atoms with Crippen LogP contribution >= 0.6 is 0 Å². The molecular weight excluding hydrogens is 268 g/mol. The van der Waals surface area contributed by atoms with Crippen LogP contribution in [0, 0.1) is 0 Å². The van der Waals surface area contributed by atoms with Crippen molar-refractivity contribution in [2.75, 3.05) is 0 Å². The summed E-state index contributed by atoms with van der Waals surface area (Å²) in [5, 5.41) is 15.4. The van der Waals surface area contributed by atoms with E-state index in [4.69, 9.17) is 0 Å². The lowest BCUT2D eigenvalue weighted by Crippen LogP contribution is -2.58. The van der Waals surface area contributed by atoms with Crippen molar-refractivity contribution >= 4 is 12.0 Å². The van der Waals surface area contributed by atoms with Gasteiger partial charge < -0.3 is 15.7 Å². The second kappa shape index (κ2) is 7.66. The highest BCUT2D eigenvalue weighted by atomic mass is 16.4. The number of carboxylic acids is 1. The SMILES string of the molecule is O=C(NC1CCCCCC1)NC1(C(=O)O)CCCCCC1. The third-order valence-electron chi connectivity index (χ3n) is 4.91. The monoisotopic (exact) mass is 296 g/mol. The molecular formula is C16H28N2O3. The highest BCUT2D eigenvalue weighted by molar-refractivity contribution is 5.86. The van der Waals surface area contributed by atoms with Gasteiger partial charge in [0.1, 0.15) is 5.54 Å². The van der Waals surface area contributed by atoms with E-state index < -0.39 is 11.5 Å². The molecule has 2 amide bonds. The summed E-state index contributed by atoms with van der Waals surface area (Å²) in [5.74, 6) is -0.889. The van der Waals surface area contributed by atoms with E-state index in [-0.39, 0.29) is 12.1 Å². The van der Waals surface area contributed by atoms with E-state index in [1.165, 1.54) is 12.8 Å². The molecule has 2 saturated carbocycles. The molecule has 120 valence electrons. The largest absolute Gasteiger partial charge is 0.480 e. The van der Waals surface area contributed by atoms with E-state index in [2.05, 4.69) is 10.6 Å². The smallest absolute Gasteiger partial charge is 0.329 e. The quantitative estimate of drug-likeness (QED) is 0.700. The number of nitrogens with one attached hydrogen (secondary N) is 2. The minimum atomic E-state index is -1.06. The molecule has 5 heteroatoms. The van der Waals surface area contributed by atoms with Gasteiger partial charge in [-0.05, 0) is 25.7 Å². The van der Waals surface area contributed by atoms with Gasteiger partial charge in [-0.1, -0.05) is 51.4 Å². The van der Waals surface area contributed by atoms with Crippen LogP contribution in [-0.4, -0.2) is 28.7 Å². The molecule has 5 nitrogen and oxygen atoms in total. The van der Waals surface area contributed by atoms with E-state index in [1.54, 1.807) is 0 Å². The number of rotatable bonds is 3. The van der Waals surface area contributed by atoms with Gasteiger partial charge >= 0.3 is 12.0 Å². The number of carbonyl (C=O) groups is 2. The highest BCUT2D eigenvalue weighted by Gasteiger charge is 2.40. The molecule has 0 spiro atoms. The van der Waals surface area contributed by atoms with Gasteiger partial charge in [-0.3, -0.25) is 0 Å². The minimum Gasteiger partial charge on any atom is -0.480 e. The molecule has 21 heavy (non-hydrogen) atoms. The van der Waals surface area contributed by atoms with Crippen LogP contribution in [-0.2, 0) is 4.79 Å². The highest BCUT2D eigenvalue weighted by Crippen LogP contribution is 2.27. The zero-order chi connectivity index (χ0) is 15.1. The Kier molecular flexibility index (Phi) is 5.88. The zero-order valence-electron chi connectivity index (χ0n) is 12.8. The second-order valence-electron chi connectivity index (χ2n) is 6.59. The summed E-state index contributed by atoms with van der Waals surface area (Å²) in [5.41, 5.74) is -1.06. The number of urea groups is 1. The van der Waals surface area contributed by atoms with Crippen LogP contribution in [0.5, 0.6) is 0 Å². The minimum absolute atomic E-state index is 0.198. The van der Waals surface area contributed by atoms with Crippen LogP contribution in [0.3, 0.4) is 0 Å². The number of carboxylic acid groups (broad SMARTS) is 1. The van der Waals surface area contributed by atoms with Gasteiger partial charge in [0.15, 0.2) is 0 Å². The van der Waals surface area contributed by atoms with Crippen molar-refractivity contribution in [2.24, 2.45) is 0 Å². The Morgan fingerprint density at radius 2 is 1.38 bits per heavy atom. The molecule has 2 rings (SSSR count). The third-order valence-corrected chi connectivity index (χ3v) is 4.91. The predicted molar refractivity (Wildman–Crippen MR) is 81.2 cm³/mol. The van der Waals surface area contributed by atoms with Crippen molar-refractivity contribution < 1.29 is 14.7 Å². The van der Waals surface area contributed by atoms with Crippen LogP contribution < -0.4 is 10.6 Å². The summed E-state index contributed by atoms with van der Waals surface area (Å²) in [7, 11) is 0. The Bertz CT molecular complexity index is 355. The number of hydrogen-bond donors (Lipinski definition) is 3. The zero-order valence-corrected chi connectivity index (χ0v) is 12.8. The van der Waals surface area contributed by atoms with Crippen molar-refractivity contribution in [1.82, 2.24) is 10.6 Å². The summed E-state index contributed by atoms with van der Waals surface area (Å²) < 4.78 is 0. The fourth-order valence-corrected chi connectivity index (χ4v) is 3.59.